The van der Waals surface area contributed by atoms with Crippen LogP contribution in [0.5, 0.6) is 0 Å². The lowest BCUT2D eigenvalue weighted by Gasteiger charge is -1.99. The molecule has 1 aromatic heterocycles. The van der Waals surface area contributed by atoms with Crippen LogP contribution in [0.1, 0.15) is 37.5 Å². The maximum atomic E-state index is 5.70. The number of hydrogen-bond donors (Lipinski definition) is 2. The molecule has 3 N–H and O–H groups in total. The van der Waals surface area contributed by atoms with Crippen LogP contribution in [0, 0.1) is 6.92 Å². The smallest absolute Gasteiger partial charge is 0.108 e. The van der Waals surface area contributed by atoms with Crippen molar-refractivity contribution in [3.63, 3.8) is 0 Å². The van der Waals surface area contributed by atoms with E-state index in [4.69, 9.17) is 5.73 Å². The number of H-pyrrole nitrogens is 1. The zero-order valence-electron chi connectivity index (χ0n) is 8.72. The topological polar surface area (TPSA) is 54.7 Å². The standard InChI is InChI=1S/C10H19N3/c1-4-5-9-8(3)12-10(13-9)6-7(2)11/h7H,4-6,11H2,1-3H3,(H,12,13). The molecule has 0 spiro atoms. The van der Waals surface area contributed by atoms with Crippen LogP contribution >= 0.6 is 0 Å². The number of aromatic nitrogens is 2. The van der Waals surface area contributed by atoms with E-state index in [1.165, 1.54) is 11.4 Å². The lowest BCUT2D eigenvalue weighted by Crippen LogP contribution is -2.18. The Morgan fingerprint density at radius 2 is 2.23 bits per heavy atom. The quantitative estimate of drug-likeness (QED) is 0.740. The van der Waals surface area contributed by atoms with Crippen molar-refractivity contribution in [2.24, 2.45) is 5.73 Å². The number of nitrogens with one attached hydrogen (secondary N) is 1. The van der Waals surface area contributed by atoms with E-state index < -0.39 is 0 Å². The first-order valence-corrected chi connectivity index (χ1v) is 4.93. The van der Waals surface area contributed by atoms with Gasteiger partial charge in [-0.1, -0.05) is 13.3 Å². The van der Waals surface area contributed by atoms with Crippen LogP contribution in [0.3, 0.4) is 0 Å². The van der Waals surface area contributed by atoms with Gasteiger partial charge in [-0.25, -0.2) is 4.98 Å². The summed E-state index contributed by atoms with van der Waals surface area (Å²) in [5.41, 5.74) is 8.08. The molecule has 13 heavy (non-hydrogen) atoms. The summed E-state index contributed by atoms with van der Waals surface area (Å²) in [6.07, 6.45) is 3.04. The molecule has 0 aliphatic heterocycles. The zero-order valence-corrected chi connectivity index (χ0v) is 8.72. The van der Waals surface area contributed by atoms with Crippen LogP contribution < -0.4 is 5.73 Å². The molecule has 3 nitrogen and oxygen atoms in total. The van der Waals surface area contributed by atoms with E-state index in [1.807, 2.05) is 6.92 Å². The van der Waals surface area contributed by atoms with Gasteiger partial charge >= 0.3 is 0 Å². The lowest BCUT2D eigenvalue weighted by atomic mass is 10.2. The van der Waals surface area contributed by atoms with Gasteiger partial charge in [0.25, 0.3) is 0 Å². The van der Waals surface area contributed by atoms with E-state index in [0.29, 0.717) is 0 Å². The van der Waals surface area contributed by atoms with Crippen molar-refractivity contribution in [2.45, 2.75) is 46.1 Å². The highest BCUT2D eigenvalue weighted by molar-refractivity contribution is 5.13. The van der Waals surface area contributed by atoms with Gasteiger partial charge in [0.15, 0.2) is 0 Å². The highest BCUT2D eigenvalue weighted by atomic mass is 14.9. The summed E-state index contributed by atoms with van der Waals surface area (Å²) >= 11 is 0. The lowest BCUT2D eigenvalue weighted by molar-refractivity contribution is 0.706. The molecule has 1 heterocycles. The van der Waals surface area contributed by atoms with Gasteiger partial charge in [0.1, 0.15) is 5.82 Å². The molecule has 74 valence electrons. The van der Waals surface area contributed by atoms with Crippen molar-refractivity contribution < 1.29 is 0 Å². The molecular formula is C10H19N3. The van der Waals surface area contributed by atoms with Crippen molar-refractivity contribution in [1.29, 1.82) is 0 Å². The highest BCUT2D eigenvalue weighted by Crippen LogP contribution is 2.08. The fraction of sp³-hybridized carbons (Fsp3) is 0.700. The van der Waals surface area contributed by atoms with Crippen molar-refractivity contribution in [3.05, 3.63) is 17.2 Å². The molecule has 3 heteroatoms. The summed E-state index contributed by atoms with van der Waals surface area (Å²) in [6.45, 7) is 6.24. The minimum absolute atomic E-state index is 0.181. The first-order valence-electron chi connectivity index (χ1n) is 4.93. The molecule has 0 saturated carbocycles. The molecule has 1 rings (SSSR count). The fourth-order valence-corrected chi connectivity index (χ4v) is 1.45. The number of imidazole rings is 1. The van der Waals surface area contributed by atoms with E-state index in [-0.39, 0.29) is 6.04 Å². The Morgan fingerprint density at radius 1 is 1.54 bits per heavy atom. The average Bonchev–Trinajstić information content (AvgIpc) is 2.31. The van der Waals surface area contributed by atoms with Gasteiger partial charge in [0, 0.05) is 18.2 Å². The van der Waals surface area contributed by atoms with Gasteiger partial charge in [0.05, 0.1) is 5.69 Å². The number of rotatable bonds is 4. The van der Waals surface area contributed by atoms with E-state index in [0.717, 1.165) is 25.1 Å². The van der Waals surface area contributed by atoms with Crippen molar-refractivity contribution >= 4 is 0 Å². The largest absolute Gasteiger partial charge is 0.346 e. The van der Waals surface area contributed by atoms with Crippen LogP contribution in [-0.2, 0) is 12.8 Å². The third-order valence-electron chi connectivity index (χ3n) is 2.04. The Kier molecular flexibility index (Phi) is 3.48. The first kappa shape index (κ1) is 10.3. The van der Waals surface area contributed by atoms with E-state index >= 15 is 0 Å². The van der Waals surface area contributed by atoms with E-state index in [9.17, 15) is 0 Å². The fourth-order valence-electron chi connectivity index (χ4n) is 1.45. The molecule has 0 aliphatic carbocycles. The van der Waals surface area contributed by atoms with E-state index in [2.05, 4.69) is 23.8 Å². The molecule has 0 saturated heterocycles. The second-order valence-corrected chi connectivity index (χ2v) is 3.69. The van der Waals surface area contributed by atoms with Gasteiger partial charge in [-0.3, -0.25) is 0 Å². The van der Waals surface area contributed by atoms with Crippen molar-refractivity contribution in [1.82, 2.24) is 9.97 Å². The van der Waals surface area contributed by atoms with Gasteiger partial charge in [-0.05, 0) is 20.3 Å². The molecule has 0 bridgehead atoms. The highest BCUT2D eigenvalue weighted by Gasteiger charge is 2.06. The minimum atomic E-state index is 0.181. The molecule has 0 aromatic carbocycles. The Morgan fingerprint density at radius 3 is 2.77 bits per heavy atom. The van der Waals surface area contributed by atoms with Gasteiger partial charge in [0.2, 0.25) is 0 Å². The summed E-state index contributed by atoms with van der Waals surface area (Å²) in [6, 6.07) is 0.181. The molecule has 0 amide bonds. The second kappa shape index (κ2) is 4.42. The van der Waals surface area contributed by atoms with Gasteiger partial charge in [-0.15, -0.1) is 0 Å². The molecule has 1 aromatic rings. The van der Waals surface area contributed by atoms with Crippen LogP contribution in [0.15, 0.2) is 0 Å². The number of aryl methyl sites for hydroxylation is 2. The Balaban J connectivity index is 2.70. The summed E-state index contributed by atoms with van der Waals surface area (Å²) in [7, 11) is 0. The van der Waals surface area contributed by atoms with Gasteiger partial charge < -0.3 is 10.7 Å². The number of nitrogens with zero attached hydrogens (tertiary/aromatic N) is 1. The Labute approximate surface area is 79.8 Å². The zero-order chi connectivity index (χ0) is 9.84. The number of nitrogens with two attached hydrogens (primary N) is 1. The summed E-state index contributed by atoms with van der Waals surface area (Å²) in [4.78, 5) is 7.77. The maximum Gasteiger partial charge on any atom is 0.108 e. The number of hydrogen-bond acceptors (Lipinski definition) is 2. The minimum Gasteiger partial charge on any atom is -0.346 e. The maximum absolute atomic E-state index is 5.70. The molecular weight excluding hydrogens is 162 g/mol. The van der Waals surface area contributed by atoms with Crippen LogP contribution in [0.25, 0.3) is 0 Å². The van der Waals surface area contributed by atoms with Crippen LogP contribution in [-0.4, -0.2) is 16.0 Å². The summed E-state index contributed by atoms with van der Waals surface area (Å²) in [5.74, 6) is 1.02. The third kappa shape index (κ3) is 2.84. The van der Waals surface area contributed by atoms with Crippen molar-refractivity contribution in [2.75, 3.05) is 0 Å². The SMILES string of the molecule is CCCc1nc(CC(C)N)[nH]c1C. The predicted octanol–water partition coefficient (Wildman–Crippen LogP) is 1.56. The third-order valence-corrected chi connectivity index (χ3v) is 2.04. The van der Waals surface area contributed by atoms with Crippen LogP contribution in [0.4, 0.5) is 0 Å². The summed E-state index contributed by atoms with van der Waals surface area (Å²) in [5, 5.41) is 0. The predicted molar refractivity (Wildman–Crippen MR) is 54.7 cm³/mol. The Bertz CT molecular complexity index is 263. The van der Waals surface area contributed by atoms with Crippen LogP contribution in [0.2, 0.25) is 0 Å². The molecule has 0 fully saturated rings. The van der Waals surface area contributed by atoms with Gasteiger partial charge in [-0.2, -0.15) is 0 Å². The first-order chi connectivity index (χ1) is 6.13. The molecule has 0 aliphatic rings. The average molecular weight is 181 g/mol. The van der Waals surface area contributed by atoms with Crippen molar-refractivity contribution in [3.8, 4) is 0 Å². The molecule has 0 radical (unpaired) electrons. The monoisotopic (exact) mass is 181 g/mol. The normalized spacial score (nSPS) is 13.2. The Hall–Kier alpha value is -0.830. The molecule has 1 atom stereocenters. The second-order valence-electron chi connectivity index (χ2n) is 3.69. The van der Waals surface area contributed by atoms with E-state index in [1.54, 1.807) is 0 Å². The number of aromatic amines is 1. The molecule has 1 unspecified atom stereocenters. The summed E-state index contributed by atoms with van der Waals surface area (Å²) < 4.78 is 0.